The molecule has 1 aliphatic heterocycles. The highest BCUT2D eigenvalue weighted by Gasteiger charge is 2.39. The summed E-state index contributed by atoms with van der Waals surface area (Å²) in [6.07, 6.45) is -13.3. The largest absolute Gasteiger partial charge is 0.490 e. The van der Waals surface area contributed by atoms with Crippen molar-refractivity contribution in [3.63, 3.8) is 0 Å². The maximum atomic E-state index is 10.6. The van der Waals surface area contributed by atoms with Gasteiger partial charge in [0.05, 0.1) is 18.9 Å². The van der Waals surface area contributed by atoms with E-state index in [0.717, 1.165) is 45.9 Å². The summed E-state index contributed by atoms with van der Waals surface area (Å²) in [5.41, 5.74) is 1.30. The van der Waals surface area contributed by atoms with Gasteiger partial charge in [0.2, 0.25) is 0 Å². The maximum absolute atomic E-state index is 10.6. The van der Waals surface area contributed by atoms with Gasteiger partial charge in [0.1, 0.15) is 0 Å². The van der Waals surface area contributed by atoms with Gasteiger partial charge in [0.25, 0.3) is 0 Å². The molecule has 3 rings (SSSR count). The number of hydrogen-bond donors (Lipinski definition) is 3. The van der Waals surface area contributed by atoms with Crippen LogP contribution in [0.15, 0.2) is 29.8 Å². The number of fused-ring (bicyclic) bond motifs is 1. The summed E-state index contributed by atoms with van der Waals surface area (Å²) in [7, 11) is 4.15. The molecule has 21 heteroatoms. The van der Waals surface area contributed by atoms with E-state index in [1.165, 1.54) is 10.6 Å². The van der Waals surface area contributed by atoms with Crippen molar-refractivity contribution < 1.29 is 74.0 Å². The van der Waals surface area contributed by atoms with E-state index in [1.54, 1.807) is 0 Å². The van der Waals surface area contributed by atoms with Crippen molar-refractivity contribution in [3.8, 4) is 0 Å². The number of thiophene rings is 1. The van der Waals surface area contributed by atoms with E-state index in [0.29, 0.717) is 5.92 Å². The number of alkyl halides is 9. The molecule has 252 valence electrons. The first-order chi connectivity index (χ1) is 20.0. The molecule has 1 unspecified atom stereocenters. The van der Waals surface area contributed by atoms with Gasteiger partial charge in [-0.15, -0.1) is 11.3 Å². The molecule has 2 aromatic rings. The summed E-state index contributed by atoms with van der Waals surface area (Å²) < 4.78 is 103. The third-order valence-corrected chi connectivity index (χ3v) is 5.72. The van der Waals surface area contributed by atoms with E-state index in [9.17, 15) is 39.5 Å². The predicted molar refractivity (Wildman–Crippen MR) is 135 cm³/mol. The number of aromatic nitrogens is 2. The second kappa shape index (κ2) is 18.4. The van der Waals surface area contributed by atoms with E-state index in [-0.39, 0.29) is 0 Å². The fraction of sp³-hybridized carbons (Fsp3) is 0.565. The van der Waals surface area contributed by atoms with Crippen molar-refractivity contribution in [2.75, 3.05) is 40.4 Å². The van der Waals surface area contributed by atoms with Gasteiger partial charge >= 0.3 is 36.4 Å². The number of aliphatic carboxylic acids is 3. The van der Waals surface area contributed by atoms with Crippen LogP contribution in [0.2, 0.25) is 0 Å². The lowest BCUT2D eigenvalue weighted by Gasteiger charge is -2.23. The van der Waals surface area contributed by atoms with Crippen molar-refractivity contribution >= 4 is 29.2 Å². The third kappa shape index (κ3) is 18.3. The van der Waals surface area contributed by atoms with Gasteiger partial charge in [-0.1, -0.05) is 6.07 Å². The van der Waals surface area contributed by atoms with E-state index in [2.05, 4.69) is 57.3 Å². The fourth-order valence-electron chi connectivity index (χ4n) is 2.97. The summed E-state index contributed by atoms with van der Waals surface area (Å²) in [5.74, 6) is -7.79. The molecule has 0 spiro atoms. The first-order valence-corrected chi connectivity index (χ1v) is 12.8. The molecule has 2 aromatic heterocycles. The molecular weight excluding hydrogens is 647 g/mol. The molecule has 0 amide bonds. The Bertz CT molecular complexity index is 1080. The topological polar surface area (TPSA) is 145 Å². The average Bonchev–Trinajstić information content (AvgIpc) is 3.50. The van der Waals surface area contributed by atoms with Crippen LogP contribution in [0.25, 0.3) is 0 Å². The zero-order chi connectivity index (χ0) is 34.3. The molecule has 1 aliphatic rings. The van der Waals surface area contributed by atoms with Crippen LogP contribution >= 0.6 is 11.3 Å². The second-order valence-corrected chi connectivity index (χ2v) is 9.94. The summed E-state index contributed by atoms with van der Waals surface area (Å²) in [6, 6.07) is 6.48. The highest BCUT2D eigenvalue weighted by Crippen LogP contribution is 2.20. The number of halogens is 9. The number of carbonyl (C=O) groups is 3. The van der Waals surface area contributed by atoms with E-state index < -0.39 is 36.4 Å². The smallest absolute Gasteiger partial charge is 0.475 e. The fourth-order valence-corrected chi connectivity index (χ4v) is 3.71. The second-order valence-electron chi connectivity index (χ2n) is 8.91. The van der Waals surface area contributed by atoms with Gasteiger partial charge in [0, 0.05) is 49.7 Å². The lowest BCUT2D eigenvalue weighted by atomic mass is 10.1. The standard InChI is InChI=1S/C17H26N4OS.3C2HF3O2/c1-19(2)7-8-22-14-15-10-20(13-17-4-3-9-23-17)12-16-5-6-18-21(16)11-15;3*3-2(4,5)1(6)7/h3-6,9,15H,7-8,10-14H2,1-2H3;3*(H,6,7). The number of likely N-dealkylation sites (N-methyl/N-ethyl adjacent to an activating group) is 1. The Kier molecular flexibility index (Phi) is 17.0. The molecule has 0 saturated heterocycles. The minimum absolute atomic E-state index is 0.485. The van der Waals surface area contributed by atoms with Gasteiger partial charge in [-0.3, -0.25) is 9.58 Å². The number of ether oxygens (including phenoxy) is 1. The Morgan fingerprint density at radius 1 is 0.932 bits per heavy atom. The Labute approximate surface area is 248 Å². The Balaban J connectivity index is 0.000000721. The Morgan fingerprint density at radius 2 is 1.43 bits per heavy atom. The Hall–Kier alpha value is -3.43. The van der Waals surface area contributed by atoms with Crippen molar-refractivity contribution in [2.24, 2.45) is 5.92 Å². The molecule has 11 nitrogen and oxygen atoms in total. The van der Waals surface area contributed by atoms with Crippen LogP contribution in [0.1, 0.15) is 10.6 Å². The summed E-state index contributed by atoms with van der Waals surface area (Å²) in [5, 5.41) is 28.0. The van der Waals surface area contributed by atoms with E-state index in [1.807, 2.05) is 17.5 Å². The van der Waals surface area contributed by atoms with Gasteiger partial charge in [-0.05, 0) is 31.6 Å². The molecule has 3 heterocycles. The number of carboxylic acid groups (broad SMARTS) is 3. The molecule has 0 saturated carbocycles. The number of nitrogens with zero attached hydrogens (tertiary/aromatic N) is 4. The summed E-state index contributed by atoms with van der Waals surface area (Å²) in [6.45, 7) is 6.55. The average molecular weight is 677 g/mol. The maximum Gasteiger partial charge on any atom is 0.490 e. The summed E-state index contributed by atoms with van der Waals surface area (Å²) in [4.78, 5) is 32.8. The lowest BCUT2D eigenvalue weighted by Crippen LogP contribution is -2.30. The lowest BCUT2D eigenvalue weighted by molar-refractivity contribution is -0.193. The van der Waals surface area contributed by atoms with Gasteiger partial charge in [0.15, 0.2) is 0 Å². The SMILES string of the molecule is CN(C)CCOCC1CN(Cc2cccs2)Cc2ccnn2C1.O=C(O)C(F)(F)F.O=C(O)C(F)(F)F.O=C(O)C(F)(F)F. The minimum atomic E-state index is -5.08. The molecule has 3 N–H and O–H groups in total. The van der Waals surface area contributed by atoms with Crippen molar-refractivity contribution in [3.05, 3.63) is 40.3 Å². The van der Waals surface area contributed by atoms with Crippen LogP contribution in [0.4, 0.5) is 39.5 Å². The quantitative estimate of drug-likeness (QED) is 0.290. The zero-order valence-electron chi connectivity index (χ0n) is 23.0. The van der Waals surface area contributed by atoms with Gasteiger partial charge in [-0.2, -0.15) is 44.6 Å². The van der Waals surface area contributed by atoms with Crippen LogP contribution in [0, 0.1) is 5.92 Å². The van der Waals surface area contributed by atoms with Crippen LogP contribution in [0.5, 0.6) is 0 Å². The minimum Gasteiger partial charge on any atom is -0.475 e. The van der Waals surface area contributed by atoms with E-state index in [4.69, 9.17) is 34.4 Å². The van der Waals surface area contributed by atoms with E-state index >= 15 is 0 Å². The third-order valence-electron chi connectivity index (χ3n) is 4.86. The zero-order valence-corrected chi connectivity index (χ0v) is 23.8. The predicted octanol–water partition coefficient (Wildman–Crippen LogP) is 4.05. The number of hydrogen-bond acceptors (Lipinski definition) is 8. The first kappa shape index (κ1) is 40.6. The van der Waals surface area contributed by atoms with Crippen LogP contribution < -0.4 is 0 Å². The molecule has 0 fully saturated rings. The Morgan fingerprint density at radius 3 is 1.84 bits per heavy atom. The highest BCUT2D eigenvalue weighted by molar-refractivity contribution is 7.09. The van der Waals surface area contributed by atoms with Crippen LogP contribution in [0.3, 0.4) is 0 Å². The first-order valence-electron chi connectivity index (χ1n) is 11.9. The molecule has 0 aromatic carbocycles. The van der Waals surface area contributed by atoms with Crippen LogP contribution in [-0.4, -0.2) is 112 Å². The monoisotopic (exact) mass is 676 g/mol. The van der Waals surface area contributed by atoms with Gasteiger partial charge in [-0.25, -0.2) is 14.4 Å². The summed E-state index contributed by atoms with van der Waals surface area (Å²) >= 11 is 1.83. The molecule has 1 atom stereocenters. The molecule has 0 bridgehead atoms. The van der Waals surface area contributed by atoms with Crippen molar-refractivity contribution in [1.29, 1.82) is 0 Å². The number of carboxylic acids is 3. The molecule has 0 radical (unpaired) electrons. The van der Waals surface area contributed by atoms with Gasteiger partial charge < -0.3 is 25.0 Å². The highest BCUT2D eigenvalue weighted by atomic mass is 32.1. The molecular formula is C23H29F9N4O7S. The van der Waals surface area contributed by atoms with Crippen molar-refractivity contribution in [1.82, 2.24) is 19.6 Å². The molecule has 44 heavy (non-hydrogen) atoms. The van der Waals surface area contributed by atoms with Crippen molar-refractivity contribution in [2.45, 2.75) is 38.2 Å². The number of rotatable bonds is 7. The normalized spacial score (nSPS) is 15.3. The molecule has 0 aliphatic carbocycles. The van der Waals surface area contributed by atoms with Crippen LogP contribution in [-0.2, 0) is 38.8 Å².